The molecule has 9 heteroatoms. The van der Waals surface area contributed by atoms with Crippen molar-refractivity contribution in [2.45, 2.75) is 37.8 Å². The molecular formula is C28H29N3O5S. The number of carbonyl (C=O) groups is 3. The minimum Gasteiger partial charge on any atom is -0.355 e. The van der Waals surface area contributed by atoms with E-state index in [2.05, 4.69) is 5.32 Å². The van der Waals surface area contributed by atoms with Crippen molar-refractivity contribution >= 4 is 27.7 Å². The van der Waals surface area contributed by atoms with Crippen LogP contribution in [0, 0.1) is 6.92 Å². The van der Waals surface area contributed by atoms with Crippen LogP contribution >= 0.6 is 0 Å². The molecular weight excluding hydrogens is 490 g/mol. The van der Waals surface area contributed by atoms with Crippen LogP contribution in [0.1, 0.15) is 34.0 Å². The molecule has 0 saturated heterocycles. The van der Waals surface area contributed by atoms with Gasteiger partial charge in [-0.05, 0) is 42.7 Å². The Morgan fingerprint density at radius 3 is 2.27 bits per heavy atom. The number of carbonyl (C=O) groups excluding carboxylic acids is 3. The molecule has 1 atom stereocenters. The molecule has 3 aromatic carbocycles. The molecule has 4 rings (SSSR count). The van der Waals surface area contributed by atoms with Gasteiger partial charge in [-0.25, -0.2) is 12.7 Å². The van der Waals surface area contributed by atoms with Crippen molar-refractivity contribution in [2.24, 2.45) is 0 Å². The summed E-state index contributed by atoms with van der Waals surface area (Å²) < 4.78 is 26.8. The van der Waals surface area contributed by atoms with Gasteiger partial charge >= 0.3 is 0 Å². The maximum Gasteiger partial charge on any atom is 0.269 e. The number of fused-ring (bicyclic) bond motifs is 1. The van der Waals surface area contributed by atoms with E-state index in [1.807, 2.05) is 61.5 Å². The lowest BCUT2D eigenvalue weighted by atomic mass is 10.0. The summed E-state index contributed by atoms with van der Waals surface area (Å²) in [5, 5.41) is 2.80. The molecule has 0 aliphatic carbocycles. The van der Waals surface area contributed by atoms with Crippen molar-refractivity contribution in [3.8, 4) is 0 Å². The fourth-order valence-corrected chi connectivity index (χ4v) is 5.94. The third kappa shape index (κ3) is 5.41. The van der Waals surface area contributed by atoms with Crippen LogP contribution in [0.3, 0.4) is 0 Å². The van der Waals surface area contributed by atoms with E-state index in [0.29, 0.717) is 10.8 Å². The van der Waals surface area contributed by atoms with Crippen molar-refractivity contribution < 1.29 is 22.8 Å². The Morgan fingerprint density at radius 2 is 1.59 bits per heavy atom. The van der Waals surface area contributed by atoms with Crippen molar-refractivity contribution in [1.29, 1.82) is 0 Å². The average Bonchev–Trinajstić information content (AvgIpc) is 3.08. The number of hydrogen-bond acceptors (Lipinski definition) is 5. The third-order valence-corrected chi connectivity index (χ3v) is 8.20. The molecule has 37 heavy (non-hydrogen) atoms. The van der Waals surface area contributed by atoms with Gasteiger partial charge < -0.3 is 10.2 Å². The van der Waals surface area contributed by atoms with Crippen molar-refractivity contribution in [2.75, 3.05) is 13.1 Å². The maximum atomic E-state index is 13.8. The summed E-state index contributed by atoms with van der Waals surface area (Å²) in [6, 6.07) is 21.8. The summed E-state index contributed by atoms with van der Waals surface area (Å²) in [5.74, 6) is -1.75. The number of nitrogens with one attached hydrogen (secondary N) is 1. The Kier molecular flexibility index (Phi) is 7.73. The standard InChI is InChI=1S/C28H29N3O5S/c1-3-29-27(33)24(17-21-12-5-4-6-13-21)30(18-22-14-8-7-11-20(22)2)26(32)19-31-28(34)23-15-9-10-16-25(23)37(31,35)36/h4-16,24H,3,17-19H2,1-2H3,(H,29,33)/t24-/m0/s1. The molecule has 0 aromatic heterocycles. The summed E-state index contributed by atoms with van der Waals surface area (Å²) in [4.78, 5) is 41.3. The van der Waals surface area contributed by atoms with E-state index in [0.717, 1.165) is 16.7 Å². The van der Waals surface area contributed by atoms with E-state index in [4.69, 9.17) is 0 Å². The first-order valence-corrected chi connectivity index (χ1v) is 13.5. The van der Waals surface area contributed by atoms with Crippen LogP contribution < -0.4 is 5.32 Å². The van der Waals surface area contributed by atoms with E-state index in [1.54, 1.807) is 13.0 Å². The quantitative estimate of drug-likeness (QED) is 0.468. The molecule has 1 heterocycles. The fraction of sp³-hybridized carbons (Fsp3) is 0.250. The van der Waals surface area contributed by atoms with E-state index < -0.39 is 34.4 Å². The van der Waals surface area contributed by atoms with Crippen molar-refractivity contribution in [1.82, 2.24) is 14.5 Å². The Labute approximate surface area is 217 Å². The Bertz CT molecular complexity index is 1420. The van der Waals surface area contributed by atoms with Crippen LogP contribution in [0.5, 0.6) is 0 Å². The lowest BCUT2D eigenvalue weighted by Crippen LogP contribution is -2.53. The Balaban J connectivity index is 1.71. The summed E-state index contributed by atoms with van der Waals surface area (Å²) in [5.41, 5.74) is 2.62. The van der Waals surface area contributed by atoms with Crippen LogP contribution in [0.15, 0.2) is 83.8 Å². The highest BCUT2D eigenvalue weighted by Gasteiger charge is 2.43. The normalized spacial score (nSPS) is 14.6. The molecule has 0 bridgehead atoms. The van der Waals surface area contributed by atoms with Gasteiger partial charge in [0.25, 0.3) is 15.9 Å². The number of hydrogen-bond donors (Lipinski definition) is 1. The van der Waals surface area contributed by atoms with E-state index in [1.165, 1.54) is 23.1 Å². The zero-order chi connectivity index (χ0) is 26.6. The fourth-order valence-electron chi connectivity index (χ4n) is 4.42. The number of sulfonamides is 1. The van der Waals surface area contributed by atoms with Gasteiger partial charge in [-0.1, -0.05) is 66.7 Å². The molecule has 192 valence electrons. The molecule has 3 aromatic rings. The Morgan fingerprint density at radius 1 is 0.946 bits per heavy atom. The van der Waals surface area contributed by atoms with Gasteiger partial charge in [0.2, 0.25) is 11.8 Å². The van der Waals surface area contributed by atoms with Crippen LogP contribution in [0.25, 0.3) is 0 Å². The second-order valence-corrected chi connectivity index (χ2v) is 10.7. The van der Waals surface area contributed by atoms with Crippen LogP contribution in [0.4, 0.5) is 0 Å². The molecule has 0 spiro atoms. The second-order valence-electron chi connectivity index (χ2n) is 8.86. The molecule has 0 radical (unpaired) electrons. The average molecular weight is 520 g/mol. The summed E-state index contributed by atoms with van der Waals surface area (Å²) >= 11 is 0. The predicted molar refractivity (Wildman–Crippen MR) is 139 cm³/mol. The van der Waals surface area contributed by atoms with Gasteiger partial charge in [-0.3, -0.25) is 14.4 Å². The number of rotatable bonds is 9. The van der Waals surface area contributed by atoms with Crippen molar-refractivity contribution in [3.63, 3.8) is 0 Å². The monoisotopic (exact) mass is 519 g/mol. The number of benzene rings is 3. The zero-order valence-corrected chi connectivity index (χ0v) is 21.6. The number of aryl methyl sites for hydroxylation is 1. The lowest BCUT2D eigenvalue weighted by molar-refractivity contribution is -0.141. The number of amides is 3. The largest absolute Gasteiger partial charge is 0.355 e. The van der Waals surface area contributed by atoms with Crippen LogP contribution in [0.2, 0.25) is 0 Å². The maximum absolute atomic E-state index is 13.8. The molecule has 0 unspecified atom stereocenters. The Hall–Kier alpha value is -3.98. The van der Waals surface area contributed by atoms with Crippen LogP contribution in [-0.4, -0.2) is 54.5 Å². The first-order valence-electron chi connectivity index (χ1n) is 12.1. The van der Waals surface area contributed by atoms with E-state index >= 15 is 0 Å². The van der Waals surface area contributed by atoms with Crippen LogP contribution in [-0.2, 0) is 32.6 Å². The van der Waals surface area contributed by atoms with E-state index in [-0.39, 0.29) is 29.3 Å². The minimum absolute atomic E-state index is 0.0327. The summed E-state index contributed by atoms with van der Waals surface area (Å²) in [6.45, 7) is 3.44. The van der Waals surface area contributed by atoms with Gasteiger partial charge in [0.05, 0.1) is 5.56 Å². The highest BCUT2D eigenvalue weighted by atomic mass is 32.2. The molecule has 0 fully saturated rings. The molecule has 1 N–H and O–H groups in total. The third-order valence-electron chi connectivity index (χ3n) is 6.41. The molecule has 1 aliphatic rings. The molecule has 3 amide bonds. The lowest BCUT2D eigenvalue weighted by Gasteiger charge is -2.32. The highest BCUT2D eigenvalue weighted by molar-refractivity contribution is 7.90. The minimum atomic E-state index is -4.18. The highest BCUT2D eigenvalue weighted by Crippen LogP contribution is 2.30. The SMILES string of the molecule is CCNC(=O)[C@H](Cc1ccccc1)N(Cc1ccccc1C)C(=O)CN1C(=O)c2ccccc2S1(=O)=O. The predicted octanol–water partition coefficient (Wildman–Crippen LogP) is 2.92. The smallest absolute Gasteiger partial charge is 0.269 e. The van der Waals surface area contributed by atoms with Gasteiger partial charge in [0.15, 0.2) is 0 Å². The molecule has 1 aliphatic heterocycles. The number of nitrogens with zero attached hydrogens (tertiary/aromatic N) is 2. The van der Waals surface area contributed by atoms with Gasteiger partial charge in [-0.2, -0.15) is 0 Å². The number of likely N-dealkylation sites (N-methyl/N-ethyl adjacent to an activating group) is 1. The summed E-state index contributed by atoms with van der Waals surface area (Å²) in [7, 11) is -4.18. The zero-order valence-electron chi connectivity index (χ0n) is 20.8. The topological polar surface area (TPSA) is 104 Å². The summed E-state index contributed by atoms with van der Waals surface area (Å²) in [6.07, 6.45) is 0.227. The first-order chi connectivity index (χ1) is 17.7. The van der Waals surface area contributed by atoms with Gasteiger partial charge in [-0.15, -0.1) is 0 Å². The van der Waals surface area contributed by atoms with Gasteiger partial charge in [0, 0.05) is 19.5 Å². The first kappa shape index (κ1) is 26.1. The van der Waals surface area contributed by atoms with E-state index in [9.17, 15) is 22.8 Å². The second kappa shape index (κ2) is 11.0. The molecule has 8 nitrogen and oxygen atoms in total. The van der Waals surface area contributed by atoms with Gasteiger partial charge in [0.1, 0.15) is 17.5 Å². The van der Waals surface area contributed by atoms with Crippen molar-refractivity contribution in [3.05, 3.63) is 101 Å². The molecule has 0 saturated carbocycles.